The van der Waals surface area contributed by atoms with Crippen molar-refractivity contribution < 1.29 is 9.59 Å². The van der Waals surface area contributed by atoms with Gasteiger partial charge in [0.15, 0.2) is 0 Å². The molecule has 6 heteroatoms. The number of anilines is 1. The summed E-state index contributed by atoms with van der Waals surface area (Å²) in [7, 11) is 0. The van der Waals surface area contributed by atoms with Crippen molar-refractivity contribution in [3.8, 4) is 11.8 Å². The van der Waals surface area contributed by atoms with Crippen LogP contribution in [0.5, 0.6) is 0 Å². The fraction of sp³-hybridized carbons (Fsp3) is 0.312. The third kappa shape index (κ3) is 2.66. The number of imidazole rings is 1. The molecule has 1 aromatic carbocycles. The average molecular weight is 296 g/mol. The summed E-state index contributed by atoms with van der Waals surface area (Å²) >= 11 is 0. The Morgan fingerprint density at radius 1 is 1.50 bits per heavy atom. The molecule has 2 aromatic rings. The summed E-state index contributed by atoms with van der Waals surface area (Å²) in [6.07, 6.45) is 0.142. The fourth-order valence-electron chi connectivity index (χ4n) is 2.56. The molecule has 22 heavy (non-hydrogen) atoms. The van der Waals surface area contributed by atoms with Crippen LogP contribution in [0.4, 0.5) is 5.95 Å². The second-order valence-electron chi connectivity index (χ2n) is 5.13. The van der Waals surface area contributed by atoms with Crippen molar-refractivity contribution in [2.75, 3.05) is 11.9 Å². The van der Waals surface area contributed by atoms with E-state index in [2.05, 4.69) is 27.5 Å². The maximum Gasteiger partial charge on any atom is 0.232 e. The largest absolute Gasteiger partial charge is 0.345 e. The summed E-state index contributed by atoms with van der Waals surface area (Å²) in [5.41, 5.74) is 1.79. The minimum absolute atomic E-state index is 0.142. The zero-order valence-corrected chi connectivity index (χ0v) is 12.2. The zero-order valence-electron chi connectivity index (χ0n) is 12.2. The van der Waals surface area contributed by atoms with Gasteiger partial charge < -0.3 is 9.88 Å². The molecule has 3 rings (SSSR count). The SMILES string of the molecule is CC#CCNC(=O)CC1Cn2c(nc3ccccc32)NC1=O. The van der Waals surface area contributed by atoms with E-state index in [1.54, 1.807) is 6.92 Å². The van der Waals surface area contributed by atoms with Crippen LogP contribution >= 0.6 is 0 Å². The van der Waals surface area contributed by atoms with Gasteiger partial charge in [0.1, 0.15) is 0 Å². The normalized spacial score (nSPS) is 16.4. The third-order valence-electron chi connectivity index (χ3n) is 3.65. The van der Waals surface area contributed by atoms with E-state index >= 15 is 0 Å². The molecule has 1 aliphatic rings. The van der Waals surface area contributed by atoms with Crippen LogP contribution in [0.3, 0.4) is 0 Å². The van der Waals surface area contributed by atoms with E-state index in [0.717, 1.165) is 11.0 Å². The minimum Gasteiger partial charge on any atom is -0.345 e. The molecular formula is C16H16N4O2. The maximum absolute atomic E-state index is 12.1. The second-order valence-corrected chi connectivity index (χ2v) is 5.13. The van der Waals surface area contributed by atoms with Gasteiger partial charge in [0, 0.05) is 13.0 Å². The summed E-state index contributed by atoms with van der Waals surface area (Å²) in [6.45, 7) is 2.48. The standard InChI is InChI=1S/C16H16N4O2/c1-2-3-8-17-14(21)9-11-10-20-13-7-5-4-6-12(13)18-16(20)19-15(11)22/h4-7,11H,8-10H2,1H3,(H,17,21)(H,18,19,22). The molecule has 1 aliphatic heterocycles. The molecule has 1 unspecified atom stereocenters. The van der Waals surface area contributed by atoms with Crippen LogP contribution in [0.25, 0.3) is 11.0 Å². The summed E-state index contributed by atoms with van der Waals surface area (Å²) in [4.78, 5) is 28.4. The van der Waals surface area contributed by atoms with Gasteiger partial charge in [-0.2, -0.15) is 0 Å². The number of nitrogens with zero attached hydrogens (tertiary/aromatic N) is 2. The number of aromatic nitrogens is 2. The lowest BCUT2D eigenvalue weighted by Crippen LogP contribution is -2.37. The number of hydrogen-bond donors (Lipinski definition) is 2. The number of nitrogens with one attached hydrogen (secondary N) is 2. The molecule has 0 saturated carbocycles. The summed E-state index contributed by atoms with van der Waals surface area (Å²) in [6, 6.07) is 7.69. The summed E-state index contributed by atoms with van der Waals surface area (Å²) < 4.78 is 1.94. The van der Waals surface area contributed by atoms with Crippen molar-refractivity contribution in [1.29, 1.82) is 0 Å². The van der Waals surface area contributed by atoms with Crippen molar-refractivity contribution in [1.82, 2.24) is 14.9 Å². The molecule has 2 amide bonds. The zero-order chi connectivity index (χ0) is 15.5. The Kier molecular flexibility index (Phi) is 3.79. The van der Waals surface area contributed by atoms with Crippen LogP contribution in [0, 0.1) is 17.8 Å². The van der Waals surface area contributed by atoms with E-state index in [1.165, 1.54) is 0 Å². The Balaban J connectivity index is 1.76. The van der Waals surface area contributed by atoms with Crippen LogP contribution in [0.1, 0.15) is 13.3 Å². The molecule has 6 nitrogen and oxygen atoms in total. The molecule has 0 aliphatic carbocycles. The van der Waals surface area contributed by atoms with E-state index in [4.69, 9.17) is 0 Å². The molecule has 0 saturated heterocycles. The first-order valence-electron chi connectivity index (χ1n) is 7.11. The van der Waals surface area contributed by atoms with E-state index in [0.29, 0.717) is 19.0 Å². The van der Waals surface area contributed by atoms with Gasteiger partial charge in [0.25, 0.3) is 0 Å². The highest BCUT2D eigenvalue weighted by Crippen LogP contribution is 2.26. The lowest BCUT2D eigenvalue weighted by Gasteiger charge is -2.23. The van der Waals surface area contributed by atoms with E-state index < -0.39 is 5.92 Å². The number of hydrogen-bond acceptors (Lipinski definition) is 3. The van der Waals surface area contributed by atoms with Crippen molar-refractivity contribution in [3.05, 3.63) is 24.3 Å². The molecule has 1 atom stereocenters. The first kappa shape index (κ1) is 14.1. The topological polar surface area (TPSA) is 76.0 Å². The Bertz CT molecular complexity index is 797. The lowest BCUT2D eigenvalue weighted by molar-refractivity contribution is -0.128. The van der Waals surface area contributed by atoms with Crippen molar-refractivity contribution >= 4 is 28.8 Å². The molecule has 112 valence electrons. The predicted molar refractivity (Wildman–Crippen MR) is 82.9 cm³/mol. The molecule has 2 heterocycles. The first-order chi connectivity index (χ1) is 10.7. The molecular weight excluding hydrogens is 280 g/mol. The van der Waals surface area contributed by atoms with Gasteiger partial charge in [-0.1, -0.05) is 18.1 Å². The van der Waals surface area contributed by atoms with Crippen LogP contribution in [0.2, 0.25) is 0 Å². The molecule has 0 fully saturated rings. The van der Waals surface area contributed by atoms with Crippen molar-refractivity contribution in [2.24, 2.45) is 5.92 Å². The fourth-order valence-corrected chi connectivity index (χ4v) is 2.56. The van der Waals surface area contributed by atoms with Gasteiger partial charge in [-0.3, -0.25) is 14.9 Å². The maximum atomic E-state index is 12.1. The van der Waals surface area contributed by atoms with Crippen molar-refractivity contribution in [2.45, 2.75) is 19.9 Å². The van der Waals surface area contributed by atoms with E-state index in [9.17, 15) is 9.59 Å². The first-order valence-corrected chi connectivity index (χ1v) is 7.11. The van der Waals surface area contributed by atoms with E-state index in [-0.39, 0.29) is 18.2 Å². The average Bonchev–Trinajstić information content (AvgIpc) is 2.85. The van der Waals surface area contributed by atoms with Crippen LogP contribution in [-0.2, 0) is 16.1 Å². The lowest BCUT2D eigenvalue weighted by atomic mass is 10.0. The molecule has 2 N–H and O–H groups in total. The van der Waals surface area contributed by atoms with E-state index in [1.807, 2.05) is 28.8 Å². The number of carbonyl (C=O) groups excluding carboxylic acids is 2. The summed E-state index contributed by atoms with van der Waals surface area (Å²) in [5, 5.41) is 5.47. The molecule has 0 radical (unpaired) electrons. The quantitative estimate of drug-likeness (QED) is 0.834. The van der Waals surface area contributed by atoms with Crippen LogP contribution < -0.4 is 10.6 Å². The number of rotatable bonds is 3. The minimum atomic E-state index is -0.403. The highest BCUT2D eigenvalue weighted by Gasteiger charge is 2.29. The number of carbonyl (C=O) groups is 2. The Labute approximate surface area is 127 Å². The van der Waals surface area contributed by atoms with Gasteiger partial charge in [-0.15, -0.1) is 5.92 Å². The Hall–Kier alpha value is -2.81. The van der Waals surface area contributed by atoms with Gasteiger partial charge in [-0.25, -0.2) is 4.98 Å². The van der Waals surface area contributed by atoms with Gasteiger partial charge >= 0.3 is 0 Å². The van der Waals surface area contributed by atoms with Crippen LogP contribution in [-0.4, -0.2) is 27.9 Å². The molecule has 0 spiro atoms. The highest BCUT2D eigenvalue weighted by atomic mass is 16.2. The highest BCUT2D eigenvalue weighted by molar-refractivity contribution is 5.97. The number of para-hydroxylation sites is 2. The Morgan fingerprint density at radius 3 is 3.14 bits per heavy atom. The Morgan fingerprint density at radius 2 is 2.32 bits per heavy atom. The van der Waals surface area contributed by atoms with Gasteiger partial charge in [0.2, 0.25) is 17.8 Å². The third-order valence-corrected chi connectivity index (χ3v) is 3.65. The number of fused-ring (bicyclic) bond motifs is 3. The molecule has 0 bridgehead atoms. The van der Waals surface area contributed by atoms with Crippen molar-refractivity contribution in [3.63, 3.8) is 0 Å². The van der Waals surface area contributed by atoms with Gasteiger partial charge in [-0.05, 0) is 19.1 Å². The van der Waals surface area contributed by atoms with Crippen LogP contribution in [0.15, 0.2) is 24.3 Å². The summed E-state index contributed by atoms with van der Waals surface area (Å²) in [5.74, 6) is 5.28. The monoisotopic (exact) mass is 296 g/mol. The predicted octanol–water partition coefficient (Wildman–Crippen LogP) is 1.13. The smallest absolute Gasteiger partial charge is 0.232 e. The van der Waals surface area contributed by atoms with Gasteiger partial charge in [0.05, 0.1) is 23.5 Å². The second kappa shape index (κ2) is 5.90. The number of amides is 2. The number of benzene rings is 1. The molecule has 1 aromatic heterocycles.